The zero-order valence-electron chi connectivity index (χ0n) is 8.29. The van der Waals surface area contributed by atoms with Crippen LogP contribution in [-0.2, 0) is 6.42 Å². The number of rotatable bonds is 4. The summed E-state index contributed by atoms with van der Waals surface area (Å²) in [5, 5.41) is 12.5. The molecule has 0 aromatic carbocycles. The van der Waals surface area contributed by atoms with Gasteiger partial charge in [0.15, 0.2) is 0 Å². The van der Waals surface area contributed by atoms with Gasteiger partial charge in [-0.05, 0) is 52.6 Å². The third kappa shape index (κ3) is 2.05. The minimum Gasteiger partial charge on any atom is -0.389 e. The molecule has 78 valence electrons. The van der Waals surface area contributed by atoms with Crippen molar-refractivity contribution in [2.45, 2.75) is 38.2 Å². The Morgan fingerprint density at radius 1 is 1.64 bits per heavy atom. The van der Waals surface area contributed by atoms with E-state index in [1.54, 1.807) is 11.3 Å². The van der Waals surface area contributed by atoms with Gasteiger partial charge in [0.25, 0.3) is 0 Å². The topological polar surface area (TPSA) is 20.2 Å². The molecule has 1 aliphatic rings. The quantitative estimate of drug-likeness (QED) is 0.890. The van der Waals surface area contributed by atoms with Crippen LogP contribution < -0.4 is 0 Å². The maximum atomic E-state index is 10.4. The van der Waals surface area contributed by atoms with Gasteiger partial charge in [-0.25, -0.2) is 0 Å². The molecule has 1 aromatic heterocycles. The normalized spacial score (nSPS) is 20.8. The van der Waals surface area contributed by atoms with Gasteiger partial charge in [0.1, 0.15) is 0 Å². The minimum absolute atomic E-state index is 0.451. The number of halogens is 1. The van der Waals surface area contributed by atoms with Crippen LogP contribution in [0, 0.1) is 5.92 Å². The smallest absolute Gasteiger partial charge is 0.0721 e. The molecular weight excluding hydrogens is 260 g/mol. The lowest BCUT2D eigenvalue weighted by molar-refractivity contribution is 0.0145. The van der Waals surface area contributed by atoms with E-state index in [1.807, 2.05) is 0 Å². The molecule has 0 aliphatic heterocycles. The summed E-state index contributed by atoms with van der Waals surface area (Å²) in [7, 11) is 0. The number of hydrogen-bond acceptors (Lipinski definition) is 2. The summed E-state index contributed by atoms with van der Waals surface area (Å²) in [6.45, 7) is 2.08. The van der Waals surface area contributed by atoms with E-state index in [-0.39, 0.29) is 0 Å². The molecule has 1 saturated carbocycles. The summed E-state index contributed by atoms with van der Waals surface area (Å²) in [5.41, 5.74) is -0.451. The van der Waals surface area contributed by atoms with Crippen molar-refractivity contribution >= 4 is 27.3 Å². The van der Waals surface area contributed by atoms with Crippen LogP contribution in [0.4, 0.5) is 0 Å². The molecule has 1 fully saturated rings. The Balaban J connectivity index is 2.11. The molecular formula is C11H15BrOS. The molecule has 1 aliphatic carbocycles. The van der Waals surface area contributed by atoms with Crippen LogP contribution in [-0.4, -0.2) is 10.7 Å². The van der Waals surface area contributed by atoms with E-state index in [9.17, 15) is 5.11 Å². The first-order valence-electron chi connectivity index (χ1n) is 5.10. The third-order valence-electron chi connectivity index (χ3n) is 3.11. The summed E-state index contributed by atoms with van der Waals surface area (Å²) < 4.78 is 1.15. The largest absolute Gasteiger partial charge is 0.389 e. The van der Waals surface area contributed by atoms with Gasteiger partial charge < -0.3 is 5.11 Å². The van der Waals surface area contributed by atoms with Crippen molar-refractivity contribution in [3.8, 4) is 0 Å². The third-order valence-corrected chi connectivity index (χ3v) is 5.03. The summed E-state index contributed by atoms with van der Waals surface area (Å²) in [6, 6.07) is 2.06. The SMILES string of the molecule is CCC(O)(Cc1sccc1Br)C1CC1. The second-order valence-electron chi connectivity index (χ2n) is 4.10. The van der Waals surface area contributed by atoms with Crippen molar-refractivity contribution in [2.24, 2.45) is 5.92 Å². The van der Waals surface area contributed by atoms with E-state index in [1.165, 1.54) is 17.7 Å². The van der Waals surface area contributed by atoms with E-state index in [0.717, 1.165) is 17.3 Å². The molecule has 3 heteroatoms. The number of hydrogen-bond donors (Lipinski definition) is 1. The highest BCUT2D eigenvalue weighted by Gasteiger charge is 2.42. The van der Waals surface area contributed by atoms with Crippen LogP contribution in [0.25, 0.3) is 0 Å². The molecule has 1 aromatic rings. The van der Waals surface area contributed by atoms with Crippen LogP contribution >= 0.6 is 27.3 Å². The maximum Gasteiger partial charge on any atom is 0.0721 e. The summed E-state index contributed by atoms with van der Waals surface area (Å²) in [4.78, 5) is 1.28. The Bertz CT molecular complexity index is 319. The Morgan fingerprint density at radius 2 is 2.36 bits per heavy atom. The van der Waals surface area contributed by atoms with Gasteiger partial charge in [-0.3, -0.25) is 0 Å². The van der Waals surface area contributed by atoms with Crippen LogP contribution in [0.1, 0.15) is 31.1 Å². The van der Waals surface area contributed by atoms with Gasteiger partial charge in [0, 0.05) is 15.8 Å². The monoisotopic (exact) mass is 274 g/mol. The molecule has 0 amide bonds. The van der Waals surface area contributed by atoms with Crippen molar-refractivity contribution < 1.29 is 5.11 Å². The van der Waals surface area contributed by atoms with E-state index >= 15 is 0 Å². The molecule has 0 radical (unpaired) electrons. The van der Waals surface area contributed by atoms with Crippen LogP contribution in [0.15, 0.2) is 15.9 Å². The predicted octanol–water partition coefficient (Wildman–Crippen LogP) is 3.60. The highest BCUT2D eigenvalue weighted by Crippen LogP contribution is 2.44. The molecule has 0 saturated heterocycles. The summed E-state index contributed by atoms with van der Waals surface area (Å²) in [5.74, 6) is 0.543. The molecule has 1 unspecified atom stereocenters. The van der Waals surface area contributed by atoms with Crippen molar-refractivity contribution in [2.75, 3.05) is 0 Å². The van der Waals surface area contributed by atoms with Crippen molar-refractivity contribution in [1.82, 2.24) is 0 Å². The van der Waals surface area contributed by atoms with Crippen LogP contribution in [0.3, 0.4) is 0 Å². The Morgan fingerprint density at radius 3 is 2.79 bits per heavy atom. The fraction of sp³-hybridized carbons (Fsp3) is 0.636. The first-order chi connectivity index (χ1) is 6.65. The standard InChI is InChI=1S/C11H15BrOS/c1-2-11(13,8-3-4-8)7-10-9(12)5-6-14-10/h5-6,8,13H,2-4,7H2,1H3. The van der Waals surface area contributed by atoms with E-state index in [4.69, 9.17) is 0 Å². The summed E-state index contributed by atoms with van der Waals surface area (Å²) >= 11 is 5.25. The lowest BCUT2D eigenvalue weighted by Gasteiger charge is -2.26. The number of thiophene rings is 1. The first kappa shape index (κ1) is 10.7. The lowest BCUT2D eigenvalue weighted by Crippen LogP contribution is -2.32. The minimum atomic E-state index is -0.451. The van der Waals surface area contributed by atoms with Gasteiger partial charge in [-0.15, -0.1) is 11.3 Å². The lowest BCUT2D eigenvalue weighted by atomic mass is 9.90. The highest BCUT2D eigenvalue weighted by molar-refractivity contribution is 9.10. The van der Waals surface area contributed by atoms with Gasteiger partial charge in [0.05, 0.1) is 5.60 Å². The second kappa shape index (κ2) is 3.95. The average molecular weight is 275 g/mol. The van der Waals surface area contributed by atoms with E-state index in [2.05, 4.69) is 34.3 Å². The molecule has 1 atom stereocenters. The Labute approximate surface area is 97.3 Å². The zero-order chi connectivity index (χ0) is 10.2. The Hall–Kier alpha value is 0.140. The Kier molecular flexibility index (Phi) is 3.01. The van der Waals surface area contributed by atoms with Gasteiger partial charge >= 0.3 is 0 Å². The zero-order valence-corrected chi connectivity index (χ0v) is 10.7. The molecule has 1 heterocycles. The van der Waals surface area contributed by atoms with E-state index in [0.29, 0.717) is 5.92 Å². The van der Waals surface area contributed by atoms with Gasteiger partial charge in [0.2, 0.25) is 0 Å². The van der Waals surface area contributed by atoms with Crippen molar-refractivity contribution in [3.05, 3.63) is 20.8 Å². The van der Waals surface area contributed by atoms with Crippen molar-refractivity contribution in [1.29, 1.82) is 0 Å². The maximum absolute atomic E-state index is 10.4. The first-order valence-corrected chi connectivity index (χ1v) is 6.77. The second-order valence-corrected chi connectivity index (χ2v) is 5.95. The fourth-order valence-electron chi connectivity index (χ4n) is 1.91. The van der Waals surface area contributed by atoms with Crippen molar-refractivity contribution in [3.63, 3.8) is 0 Å². The molecule has 1 nitrogen and oxygen atoms in total. The highest BCUT2D eigenvalue weighted by atomic mass is 79.9. The van der Waals surface area contributed by atoms with Gasteiger partial charge in [-0.1, -0.05) is 6.92 Å². The molecule has 1 N–H and O–H groups in total. The number of aliphatic hydroxyl groups is 1. The van der Waals surface area contributed by atoms with Crippen LogP contribution in [0.5, 0.6) is 0 Å². The molecule has 14 heavy (non-hydrogen) atoms. The molecule has 2 rings (SSSR count). The molecule has 0 bridgehead atoms. The van der Waals surface area contributed by atoms with Crippen LogP contribution in [0.2, 0.25) is 0 Å². The predicted molar refractivity (Wildman–Crippen MR) is 63.7 cm³/mol. The van der Waals surface area contributed by atoms with E-state index < -0.39 is 5.60 Å². The fourth-order valence-corrected chi connectivity index (χ4v) is 3.52. The average Bonchev–Trinajstić information content (AvgIpc) is 2.95. The van der Waals surface area contributed by atoms with Gasteiger partial charge in [-0.2, -0.15) is 0 Å². The molecule has 0 spiro atoms. The summed E-state index contributed by atoms with van der Waals surface area (Å²) in [6.07, 6.45) is 4.08.